The zero-order chi connectivity index (χ0) is 21.3. The molecule has 1 atom stereocenters. The predicted octanol–water partition coefficient (Wildman–Crippen LogP) is 8.33. The Morgan fingerprint density at radius 2 is 1.28 bits per heavy atom. The van der Waals surface area contributed by atoms with Gasteiger partial charge >= 0.3 is 5.97 Å². The first-order valence-corrected chi connectivity index (χ1v) is 12.1. The fraction of sp³-hybridized carbons (Fsp3) is 0.720. The van der Waals surface area contributed by atoms with E-state index in [-0.39, 0.29) is 10.6 Å². The standard InChI is InChI=1S/C25H41ClO3/c1-2-3-4-5-6-7-8-9-10-11-12-13-14-15-16-17-24(27)21-18-19-22(25(28)29)23(26)20-21/h18-20,24,27H,2-17H2,1H3,(H,28,29)/t24-/m1/s1. The van der Waals surface area contributed by atoms with Gasteiger partial charge in [-0.25, -0.2) is 4.79 Å². The molecule has 0 amide bonds. The van der Waals surface area contributed by atoms with Gasteiger partial charge in [0.15, 0.2) is 0 Å². The van der Waals surface area contributed by atoms with Crippen LogP contribution < -0.4 is 0 Å². The van der Waals surface area contributed by atoms with Crippen molar-refractivity contribution in [1.29, 1.82) is 0 Å². The van der Waals surface area contributed by atoms with E-state index in [1.165, 1.54) is 89.5 Å². The van der Waals surface area contributed by atoms with Crippen LogP contribution in [-0.2, 0) is 0 Å². The Labute approximate surface area is 182 Å². The molecule has 29 heavy (non-hydrogen) atoms. The van der Waals surface area contributed by atoms with Gasteiger partial charge in [0.25, 0.3) is 0 Å². The number of aliphatic hydroxyl groups excluding tert-OH is 1. The molecule has 1 aromatic rings. The van der Waals surface area contributed by atoms with Crippen LogP contribution in [0.5, 0.6) is 0 Å². The molecule has 0 aliphatic heterocycles. The first kappa shape index (κ1) is 26.0. The van der Waals surface area contributed by atoms with Crippen LogP contribution in [0.4, 0.5) is 0 Å². The van der Waals surface area contributed by atoms with Crippen LogP contribution in [0.15, 0.2) is 18.2 Å². The molecule has 3 nitrogen and oxygen atoms in total. The lowest BCUT2D eigenvalue weighted by Crippen LogP contribution is -2.01. The molecule has 4 heteroatoms. The number of unbranched alkanes of at least 4 members (excludes halogenated alkanes) is 14. The van der Waals surface area contributed by atoms with Gasteiger partial charge in [0.05, 0.1) is 16.7 Å². The zero-order valence-electron chi connectivity index (χ0n) is 18.3. The largest absolute Gasteiger partial charge is 0.478 e. The minimum atomic E-state index is -1.04. The van der Waals surface area contributed by atoms with E-state index >= 15 is 0 Å². The maximum Gasteiger partial charge on any atom is 0.337 e. The van der Waals surface area contributed by atoms with E-state index in [2.05, 4.69) is 6.92 Å². The van der Waals surface area contributed by atoms with E-state index in [1.54, 1.807) is 12.1 Å². The van der Waals surface area contributed by atoms with Crippen molar-refractivity contribution in [2.75, 3.05) is 0 Å². The van der Waals surface area contributed by atoms with Crippen LogP contribution in [0.1, 0.15) is 132 Å². The van der Waals surface area contributed by atoms with Crippen molar-refractivity contribution in [3.8, 4) is 0 Å². The van der Waals surface area contributed by atoms with Crippen molar-refractivity contribution in [3.63, 3.8) is 0 Å². The van der Waals surface area contributed by atoms with Crippen LogP contribution >= 0.6 is 11.6 Å². The normalized spacial score (nSPS) is 12.2. The second-order valence-corrected chi connectivity index (χ2v) is 8.71. The Morgan fingerprint density at radius 3 is 1.69 bits per heavy atom. The maximum atomic E-state index is 11.0. The topological polar surface area (TPSA) is 57.5 Å². The monoisotopic (exact) mass is 424 g/mol. The molecule has 0 saturated heterocycles. The molecule has 0 bridgehead atoms. The maximum absolute atomic E-state index is 11.0. The molecular formula is C25H41ClO3. The van der Waals surface area contributed by atoms with Gasteiger partial charge in [-0.3, -0.25) is 0 Å². The van der Waals surface area contributed by atoms with E-state index in [9.17, 15) is 9.90 Å². The van der Waals surface area contributed by atoms with Gasteiger partial charge in [-0.15, -0.1) is 0 Å². The van der Waals surface area contributed by atoms with Crippen LogP contribution in [-0.4, -0.2) is 16.2 Å². The molecule has 0 unspecified atom stereocenters. The third-order valence-corrected chi connectivity index (χ3v) is 6.00. The summed E-state index contributed by atoms with van der Waals surface area (Å²) in [4.78, 5) is 11.0. The van der Waals surface area contributed by atoms with E-state index in [4.69, 9.17) is 16.7 Å². The van der Waals surface area contributed by atoms with Crippen molar-refractivity contribution in [1.82, 2.24) is 0 Å². The minimum absolute atomic E-state index is 0.0783. The highest BCUT2D eigenvalue weighted by molar-refractivity contribution is 6.33. The summed E-state index contributed by atoms with van der Waals surface area (Å²) in [6.45, 7) is 2.27. The molecule has 0 radical (unpaired) electrons. The first-order valence-electron chi connectivity index (χ1n) is 11.8. The summed E-state index contributed by atoms with van der Waals surface area (Å²) >= 11 is 5.97. The third-order valence-electron chi connectivity index (χ3n) is 5.69. The Hall–Kier alpha value is -1.06. The molecule has 0 aliphatic rings. The highest BCUT2D eigenvalue weighted by Crippen LogP contribution is 2.25. The van der Waals surface area contributed by atoms with Gasteiger partial charge in [-0.05, 0) is 24.1 Å². The summed E-state index contributed by atoms with van der Waals surface area (Å²) in [6, 6.07) is 4.70. The van der Waals surface area contributed by atoms with Crippen LogP contribution in [0.25, 0.3) is 0 Å². The fourth-order valence-corrected chi connectivity index (χ4v) is 4.06. The smallest absolute Gasteiger partial charge is 0.337 e. The number of carbonyl (C=O) groups is 1. The predicted molar refractivity (Wildman–Crippen MR) is 123 cm³/mol. The number of aliphatic hydroxyl groups is 1. The summed E-state index contributed by atoms with van der Waals surface area (Å²) in [5.41, 5.74) is 0.778. The molecule has 1 aromatic carbocycles. The minimum Gasteiger partial charge on any atom is -0.478 e. The number of aromatic carboxylic acids is 1. The van der Waals surface area contributed by atoms with Crippen molar-refractivity contribution >= 4 is 17.6 Å². The summed E-state index contributed by atoms with van der Waals surface area (Å²) in [7, 11) is 0. The molecular weight excluding hydrogens is 384 g/mol. The van der Waals surface area contributed by atoms with Gasteiger partial charge in [-0.2, -0.15) is 0 Å². The van der Waals surface area contributed by atoms with Crippen molar-refractivity contribution in [3.05, 3.63) is 34.3 Å². The third kappa shape index (κ3) is 12.3. The SMILES string of the molecule is CCCCCCCCCCCCCCCCC[C@@H](O)c1ccc(C(=O)O)c(Cl)c1. The quantitative estimate of drug-likeness (QED) is 0.233. The highest BCUT2D eigenvalue weighted by Gasteiger charge is 2.13. The van der Waals surface area contributed by atoms with Gasteiger partial charge in [0, 0.05) is 0 Å². The van der Waals surface area contributed by atoms with Crippen molar-refractivity contribution < 1.29 is 15.0 Å². The average molecular weight is 425 g/mol. The summed E-state index contributed by atoms with van der Waals surface area (Å²) in [5.74, 6) is -1.04. The van der Waals surface area contributed by atoms with Gasteiger partial charge in [0.2, 0.25) is 0 Å². The lowest BCUT2D eigenvalue weighted by molar-refractivity contribution is 0.0696. The van der Waals surface area contributed by atoms with Gasteiger partial charge in [0.1, 0.15) is 0 Å². The molecule has 0 fully saturated rings. The Balaban J connectivity index is 1.95. The van der Waals surface area contributed by atoms with E-state index in [1.807, 2.05) is 0 Å². The highest BCUT2D eigenvalue weighted by atomic mass is 35.5. The van der Waals surface area contributed by atoms with E-state index < -0.39 is 12.1 Å². The second-order valence-electron chi connectivity index (χ2n) is 8.30. The van der Waals surface area contributed by atoms with E-state index in [0.29, 0.717) is 12.0 Å². The Morgan fingerprint density at radius 1 is 0.828 bits per heavy atom. The number of carboxylic acids is 1. The molecule has 0 saturated carbocycles. The molecule has 2 N–H and O–H groups in total. The molecule has 0 spiro atoms. The van der Waals surface area contributed by atoms with Gasteiger partial charge < -0.3 is 10.2 Å². The summed E-state index contributed by atoms with van der Waals surface area (Å²) in [6.07, 6.45) is 20.0. The second kappa shape index (κ2) is 16.7. The summed E-state index contributed by atoms with van der Waals surface area (Å²) < 4.78 is 0. The molecule has 0 aliphatic carbocycles. The lowest BCUT2D eigenvalue weighted by atomic mass is 10.0. The van der Waals surface area contributed by atoms with E-state index in [0.717, 1.165) is 12.8 Å². The number of rotatable bonds is 18. The number of benzene rings is 1. The first-order chi connectivity index (χ1) is 14.1. The number of hydrogen-bond donors (Lipinski definition) is 2. The van der Waals surface area contributed by atoms with Crippen LogP contribution in [0.3, 0.4) is 0 Å². The molecule has 0 heterocycles. The number of halogens is 1. The zero-order valence-corrected chi connectivity index (χ0v) is 19.1. The average Bonchev–Trinajstić information content (AvgIpc) is 2.70. The Kier molecular flexibility index (Phi) is 15.0. The summed E-state index contributed by atoms with van der Waals surface area (Å²) in [5, 5.41) is 19.5. The lowest BCUT2D eigenvalue weighted by Gasteiger charge is -2.12. The number of hydrogen-bond acceptors (Lipinski definition) is 2. The van der Waals surface area contributed by atoms with Crippen molar-refractivity contribution in [2.45, 2.75) is 116 Å². The number of carboxylic acid groups (broad SMARTS) is 1. The van der Waals surface area contributed by atoms with Gasteiger partial charge in [-0.1, -0.05) is 121 Å². The van der Waals surface area contributed by atoms with Crippen molar-refractivity contribution in [2.24, 2.45) is 0 Å². The fourth-order valence-electron chi connectivity index (χ4n) is 3.79. The van der Waals surface area contributed by atoms with Crippen LogP contribution in [0.2, 0.25) is 5.02 Å². The molecule has 0 aromatic heterocycles. The molecule has 1 rings (SSSR count). The molecule has 166 valence electrons. The Bertz CT molecular complexity index is 559. The van der Waals surface area contributed by atoms with Crippen LogP contribution in [0, 0.1) is 0 Å².